The smallest absolute Gasteiger partial charge is 0.230 e. The van der Waals surface area contributed by atoms with Crippen LogP contribution in [-0.2, 0) is 4.79 Å². The second-order valence-corrected chi connectivity index (χ2v) is 8.58. The van der Waals surface area contributed by atoms with Gasteiger partial charge in [-0.2, -0.15) is 0 Å². The summed E-state index contributed by atoms with van der Waals surface area (Å²) in [5, 5.41) is 12.7. The summed E-state index contributed by atoms with van der Waals surface area (Å²) in [4.78, 5) is 16.9. The van der Waals surface area contributed by atoms with Crippen molar-refractivity contribution < 1.29 is 4.79 Å². The summed E-state index contributed by atoms with van der Waals surface area (Å²) in [6.45, 7) is 4.24. The van der Waals surface area contributed by atoms with E-state index in [0.717, 1.165) is 34.9 Å². The van der Waals surface area contributed by atoms with Crippen LogP contribution in [0.3, 0.4) is 0 Å². The lowest BCUT2D eigenvalue weighted by atomic mass is 9.96. The normalized spacial score (nSPS) is 14.7. The summed E-state index contributed by atoms with van der Waals surface area (Å²) in [6, 6.07) is 14.4. The van der Waals surface area contributed by atoms with E-state index in [1.165, 1.54) is 11.8 Å². The van der Waals surface area contributed by atoms with Crippen LogP contribution in [0.2, 0.25) is 0 Å². The molecule has 7 heteroatoms. The number of aromatic nitrogens is 4. The predicted molar refractivity (Wildman–Crippen MR) is 114 cm³/mol. The van der Waals surface area contributed by atoms with Crippen LogP contribution in [0.4, 0.5) is 0 Å². The molecule has 0 aliphatic heterocycles. The number of pyridine rings is 1. The van der Waals surface area contributed by atoms with E-state index in [4.69, 9.17) is 0 Å². The Morgan fingerprint density at radius 2 is 1.97 bits per heavy atom. The van der Waals surface area contributed by atoms with Crippen molar-refractivity contribution >= 4 is 17.7 Å². The third-order valence-corrected chi connectivity index (χ3v) is 5.91. The van der Waals surface area contributed by atoms with E-state index in [2.05, 4.69) is 51.0 Å². The van der Waals surface area contributed by atoms with Crippen LogP contribution in [-0.4, -0.2) is 31.4 Å². The topological polar surface area (TPSA) is 72.7 Å². The highest BCUT2D eigenvalue weighted by Crippen LogP contribution is 2.40. The zero-order valence-corrected chi connectivity index (χ0v) is 17.5. The molecule has 1 unspecified atom stereocenters. The Labute approximate surface area is 175 Å². The number of rotatable bonds is 8. The second kappa shape index (κ2) is 8.78. The Morgan fingerprint density at radius 3 is 2.62 bits per heavy atom. The Morgan fingerprint density at radius 1 is 1.17 bits per heavy atom. The molecule has 3 aromatic rings. The molecule has 2 aromatic heterocycles. The van der Waals surface area contributed by atoms with Crippen molar-refractivity contribution in [1.82, 2.24) is 25.1 Å². The molecule has 0 bridgehead atoms. The summed E-state index contributed by atoms with van der Waals surface area (Å²) in [5.41, 5.74) is 2.08. The highest BCUT2D eigenvalue weighted by molar-refractivity contribution is 7.99. The van der Waals surface area contributed by atoms with Crippen LogP contribution in [0.15, 0.2) is 60.0 Å². The molecule has 1 N–H and O–H groups in total. The fourth-order valence-electron chi connectivity index (χ4n) is 3.37. The summed E-state index contributed by atoms with van der Waals surface area (Å²) in [6.07, 6.45) is 5.79. The van der Waals surface area contributed by atoms with Gasteiger partial charge in [0, 0.05) is 24.0 Å². The molecule has 0 spiro atoms. The van der Waals surface area contributed by atoms with Crippen LogP contribution >= 0.6 is 11.8 Å². The van der Waals surface area contributed by atoms with Crippen molar-refractivity contribution in [2.75, 3.05) is 5.75 Å². The third kappa shape index (κ3) is 4.67. The molecule has 0 radical (unpaired) electrons. The highest BCUT2D eigenvalue weighted by atomic mass is 32.2. The van der Waals surface area contributed by atoms with E-state index in [1.807, 2.05) is 30.3 Å². The first-order valence-corrected chi connectivity index (χ1v) is 10.9. The Bertz CT molecular complexity index is 954. The van der Waals surface area contributed by atoms with Crippen LogP contribution in [0.1, 0.15) is 44.3 Å². The molecule has 1 aromatic carbocycles. The number of amides is 1. The summed E-state index contributed by atoms with van der Waals surface area (Å²) < 4.78 is 2.16. The van der Waals surface area contributed by atoms with Crippen molar-refractivity contribution in [3.05, 3.63) is 60.4 Å². The van der Waals surface area contributed by atoms with Crippen molar-refractivity contribution in [2.45, 2.75) is 43.9 Å². The summed E-state index contributed by atoms with van der Waals surface area (Å²) in [7, 11) is 0. The maximum atomic E-state index is 12.7. The molecule has 1 atom stereocenters. The molecule has 1 aliphatic carbocycles. The minimum atomic E-state index is -0.00319. The van der Waals surface area contributed by atoms with E-state index >= 15 is 0 Å². The monoisotopic (exact) mass is 407 g/mol. The second-order valence-electron chi connectivity index (χ2n) is 7.64. The summed E-state index contributed by atoms with van der Waals surface area (Å²) in [5.74, 6) is 1.45. The van der Waals surface area contributed by atoms with Gasteiger partial charge in [-0.1, -0.05) is 55.9 Å². The molecule has 29 heavy (non-hydrogen) atoms. The number of nitrogens with one attached hydrogen (secondary N) is 1. The fraction of sp³-hybridized carbons (Fsp3) is 0.364. The molecule has 2 heterocycles. The molecule has 1 saturated carbocycles. The predicted octanol–water partition coefficient (Wildman–Crippen LogP) is 4.28. The van der Waals surface area contributed by atoms with Gasteiger partial charge in [0.05, 0.1) is 11.8 Å². The number of carbonyl (C=O) groups excluding carboxylic acids is 1. The van der Waals surface area contributed by atoms with Crippen molar-refractivity contribution in [3.63, 3.8) is 0 Å². The van der Waals surface area contributed by atoms with Gasteiger partial charge in [0.2, 0.25) is 5.91 Å². The maximum absolute atomic E-state index is 12.7. The molecule has 1 amide bonds. The van der Waals surface area contributed by atoms with E-state index in [-0.39, 0.29) is 11.9 Å². The highest BCUT2D eigenvalue weighted by Gasteiger charge is 2.30. The molecule has 4 rings (SSSR count). The van der Waals surface area contributed by atoms with E-state index < -0.39 is 0 Å². The number of hydrogen-bond donors (Lipinski definition) is 1. The van der Waals surface area contributed by atoms with Gasteiger partial charge < -0.3 is 5.32 Å². The van der Waals surface area contributed by atoms with E-state index in [9.17, 15) is 4.79 Å². The first-order valence-electron chi connectivity index (χ1n) is 9.96. The zero-order valence-electron chi connectivity index (χ0n) is 16.7. The van der Waals surface area contributed by atoms with Gasteiger partial charge in [0.1, 0.15) is 0 Å². The minimum Gasteiger partial charge on any atom is -0.348 e. The lowest BCUT2D eigenvalue weighted by molar-refractivity contribution is -0.119. The number of thioether (sulfide) groups is 1. The lowest BCUT2D eigenvalue weighted by Gasteiger charge is -2.22. The van der Waals surface area contributed by atoms with Gasteiger partial charge in [-0.25, -0.2) is 0 Å². The number of nitrogens with zero attached hydrogens (tertiary/aromatic N) is 4. The van der Waals surface area contributed by atoms with Gasteiger partial charge in [-0.05, 0) is 36.5 Å². The standard InChI is InChI=1S/C22H25N5OS/c1-15(2)20(16-7-4-3-5-8-16)24-19(28)14-29-22-26-25-21(27(22)18-10-11-18)17-9-6-12-23-13-17/h3-9,12-13,15,18,20H,10-11,14H2,1-2H3,(H,24,28). The van der Waals surface area contributed by atoms with Crippen LogP contribution in [0, 0.1) is 5.92 Å². The maximum Gasteiger partial charge on any atom is 0.230 e. The van der Waals surface area contributed by atoms with Gasteiger partial charge in [0.15, 0.2) is 11.0 Å². The molecular weight excluding hydrogens is 382 g/mol. The Kier molecular flexibility index (Phi) is 5.94. The zero-order chi connectivity index (χ0) is 20.2. The van der Waals surface area contributed by atoms with E-state index in [1.54, 1.807) is 12.4 Å². The van der Waals surface area contributed by atoms with Gasteiger partial charge in [-0.3, -0.25) is 14.3 Å². The number of carbonyl (C=O) groups is 1. The quantitative estimate of drug-likeness (QED) is 0.564. The van der Waals surface area contributed by atoms with Gasteiger partial charge in [0.25, 0.3) is 0 Å². The molecule has 150 valence electrons. The molecule has 6 nitrogen and oxygen atoms in total. The third-order valence-electron chi connectivity index (χ3n) is 4.97. The molecule has 1 fully saturated rings. The average Bonchev–Trinajstić information content (AvgIpc) is 3.50. The number of benzene rings is 1. The fourth-order valence-corrected chi connectivity index (χ4v) is 4.19. The number of hydrogen-bond acceptors (Lipinski definition) is 5. The van der Waals surface area contributed by atoms with Crippen molar-refractivity contribution in [3.8, 4) is 11.4 Å². The summed E-state index contributed by atoms with van der Waals surface area (Å²) >= 11 is 1.44. The Hall–Kier alpha value is -2.67. The molecule has 0 saturated heterocycles. The molecule has 1 aliphatic rings. The Balaban J connectivity index is 1.45. The first kappa shape index (κ1) is 19.6. The van der Waals surface area contributed by atoms with Crippen LogP contribution < -0.4 is 5.32 Å². The first-order chi connectivity index (χ1) is 14.1. The molecular formula is C22H25N5OS. The van der Waals surface area contributed by atoms with Crippen molar-refractivity contribution in [1.29, 1.82) is 0 Å². The van der Waals surface area contributed by atoms with Gasteiger partial charge >= 0.3 is 0 Å². The van der Waals surface area contributed by atoms with Crippen LogP contribution in [0.5, 0.6) is 0 Å². The SMILES string of the molecule is CC(C)C(NC(=O)CSc1nnc(-c2cccnc2)n1C1CC1)c1ccccc1. The largest absolute Gasteiger partial charge is 0.348 e. The minimum absolute atomic E-state index is 0.00319. The lowest BCUT2D eigenvalue weighted by Crippen LogP contribution is -2.33. The van der Waals surface area contributed by atoms with E-state index in [0.29, 0.717) is 17.7 Å². The average molecular weight is 408 g/mol. The van der Waals surface area contributed by atoms with Crippen LogP contribution in [0.25, 0.3) is 11.4 Å². The van der Waals surface area contributed by atoms with Gasteiger partial charge in [-0.15, -0.1) is 10.2 Å². The van der Waals surface area contributed by atoms with Crippen molar-refractivity contribution in [2.24, 2.45) is 5.92 Å².